The van der Waals surface area contributed by atoms with E-state index in [9.17, 15) is 8.42 Å². The maximum Gasteiger partial charge on any atom is 0.242 e. The first-order chi connectivity index (χ1) is 7.45. The molecule has 90 valence electrons. The summed E-state index contributed by atoms with van der Waals surface area (Å²) in [7, 11) is -3.44. The third kappa shape index (κ3) is 4.04. The van der Waals surface area contributed by atoms with Crippen molar-refractivity contribution in [3.05, 3.63) is 22.9 Å². The summed E-state index contributed by atoms with van der Waals surface area (Å²) in [4.78, 5) is 4.00. The van der Waals surface area contributed by atoms with Crippen LogP contribution in [-0.4, -0.2) is 31.5 Å². The fraction of sp³-hybridized carbons (Fsp3) is 0.444. The quantitative estimate of drug-likeness (QED) is 0.898. The fourth-order valence-electron chi connectivity index (χ4n) is 0.933. The van der Waals surface area contributed by atoms with Crippen molar-refractivity contribution in [3.63, 3.8) is 0 Å². The van der Waals surface area contributed by atoms with Gasteiger partial charge in [0.25, 0.3) is 0 Å². The maximum absolute atomic E-state index is 11.8. The van der Waals surface area contributed by atoms with Crippen molar-refractivity contribution in [3.8, 4) is 0 Å². The number of rotatable bonds is 5. The van der Waals surface area contributed by atoms with E-state index in [4.69, 9.17) is 0 Å². The molecule has 4 nitrogen and oxygen atoms in total. The van der Waals surface area contributed by atoms with Gasteiger partial charge in [0, 0.05) is 28.7 Å². The minimum absolute atomic E-state index is 0.176. The molecule has 0 aliphatic rings. The Morgan fingerprint density at radius 1 is 1.56 bits per heavy atom. The molecule has 0 radical (unpaired) electrons. The van der Waals surface area contributed by atoms with Crippen LogP contribution in [0.25, 0.3) is 0 Å². The van der Waals surface area contributed by atoms with Crippen molar-refractivity contribution in [2.75, 3.05) is 12.8 Å². The Kier molecular flexibility index (Phi) is 5.23. The molecule has 0 aromatic carbocycles. The molecule has 1 aromatic heterocycles. The van der Waals surface area contributed by atoms with Crippen molar-refractivity contribution in [1.82, 2.24) is 9.71 Å². The van der Waals surface area contributed by atoms with Gasteiger partial charge in [-0.15, -0.1) is 0 Å². The molecule has 7 heteroatoms. The van der Waals surface area contributed by atoms with E-state index < -0.39 is 10.0 Å². The van der Waals surface area contributed by atoms with Gasteiger partial charge >= 0.3 is 0 Å². The molecule has 1 aromatic rings. The van der Waals surface area contributed by atoms with Crippen LogP contribution in [0, 0.1) is 0 Å². The largest absolute Gasteiger partial charge is 0.262 e. The Balaban J connectivity index is 2.78. The second-order valence-corrected chi connectivity index (χ2v) is 7.20. The lowest BCUT2D eigenvalue weighted by molar-refractivity contribution is 0.581. The summed E-state index contributed by atoms with van der Waals surface area (Å²) in [5.74, 6) is 0. The van der Waals surface area contributed by atoms with E-state index in [1.165, 1.54) is 12.3 Å². The number of nitrogens with one attached hydrogen (secondary N) is 1. The van der Waals surface area contributed by atoms with E-state index in [-0.39, 0.29) is 10.1 Å². The molecule has 16 heavy (non-hydrogen) atoms. The highest BCUT2D eigenvalue weighted by Gasteiger charge is 2.15. The van der Waals surface area contributed by atoms with E-state index in [1.54, 1.807) is 18.0 Å². The van der Waals surface area contributed by atoms with Crippen molar-refractivity contribution >= 4 is 37.7 Å². The predicted molar refractivity (Wildman–Crippen MR) is 70.1 cm³/mol. The number of pyridine rings is 1. The molecule has 1 heterocycles. The maximum atomic E-state index is 11.8. The molecule has 0 aliphatic carbocycles. The molecular formula is C9H13BrN2O2S2. The summed E-state index contributed by atoms with van der Waals surface area (Å²) in [5.41, 5.74) is 0. The van der Waals surface area contributed by atoms with Crippen LogP contribution in [0.15, 0.2) is 27.8 Å². The smallest absolute Gasteiger partial charge is 0.242 e. The zero-order chi connectivity index (χ0) is 12.2. The van der Waals surface area contributed by atoms with Gasteiger partial charge in [0.2, 0.25) is 10.0 Å². The van der Waals surface area contributed by atoms with Crippen LogP contribution < -0.4 is 4.72 Å². The average Bonchev–Trinajstić information content (AvgIpc) is 2.26. The van der Waals surface area contributed by atoms with Crippen LogP contribution in [0.4, 0.5) is 0 Å². The van der Waals surface area contributed by atoms with Crippen LogP contribution in [0.2, 0.25) is 0 Å². The fourth-order valence-corrected chi connectivity index (χ4v) is 2.92. The minimum atomic E-state index is -3.44. The lowest BCUT2D eigenvalue weighted by atomic mass is 10.5. The molecule has 0 saturated carbocycles. The van der Waals surface area contributed by atoms with Gasteiger partial charge in [0.05, 0.1) is 0 Å². The summed E-state index contributed by atoms with van der Waals surface area (Å²) in [6.07, 6.45) is 4.82. The van der Waals surface area contributed by atoms with E-state index in [1.807, 2.05) is 13.2 Å². The molecule has 1 N–H and O–H groups in total. The standard InChI is InChI=1S/C9H13BrN2O2S2/c1-7(15-2)4-12-16(13,14)9-3-8(10)5-11-6-9/h3,5-7,12H,4H2,1-2H3. The Bertz CT molecular complexity index is 451. The summed E-state index contributed by atoms with van der Waals surface area (Å²) >= 11 is 4.80. The molecular weight excluding hydrogens is 312 g/mol. The van der Waals surface area contributed by atoms with Crippen LogP contribution in [-0.2, 0) is 10.0 Å². The summed E-state index contributed by atoms with van der Waals surface area (Å²) in [6.45, 7) is 2.38. The molecule has 1 unspecified atom stereocenters. The average molecular weight is 325 g/mol. The molecule has 0 fully saturated rings. The Labute approximate surface area is 108 Å². The van der Waals surface area contributed by atoms with Gasteiger partial charge in [-0.05, 0) is 28.3 Å². The Morgan fingerprint density at radius 2 is 2.25 bits per heavy atom. The third-order valence-electron chi connectivity index (χ3n) is 1.95. The molecule has 0 spiro atoms. The molecule has 1 atom stereocenters. The first kappa shape index (κ1) is 14.0. The van der Waals surface area contributed by atoms with Crippen molar-refractivity contribution in [1.29, 1.82) is 0 Å². The van der Waals surface area contributed by atoms with E-state index in [0.717, 1.165) is 0 Å². The Hall–Kier alpha value is -0.110. The van der Waals surface area contributed by atoms with Crippen molar-refractivity contribution < 1.29 is 8.42 Å². The third-order valence-corrected chi connectivity index (χ3v) is 4.75. The molecule has 0 bridgehead atoms. The second kappa shape index (κ2) is 6.00. The molecule has 0 saturated heterocycles. The summed E-state index contributed by atoms with van der Waals surface area (Å²) in [6, 6.07) is 1.53. The van der Waals surface area contributed by atoms with Crippen molar-refractivity contribution in [2.45, 2.75) is 17.1 Å². The normalized spacial score (nSPS) is 13.7. The summed E-state index contributed by atoms with van der Waals surface area (Å²) < 4.78 is 26.8. The lowest BCUT2D eigenvalue weighted by Crippen LogP contribution is -2.29. The van der Waals surface area contributed by atoms with Crippen LogP contribution in [0.5, 0.6) is 0 Å². The number of thioether (sulfide) groups is 1. The van der Waals surface area contributed by atoms with Gasteiger partial charge in [-0.1, -0.05) is 6.92 Å². The molecule has 0 aliphatic heterocycles. The van der Waals surface area contributed by atoms with E-state index in [2.05, 4.69) is 25.6 Å². The molecule has 1 rings (SSSR count). The molecule has 0 amide bonds. The highest BCUT2D eigenvalue weighted by molar-refractivity contribution is 9.10. The van der Waals surface area contributed by atoms with Gasteiger partial charge < -0.3 is 0 Å². The number of hydrogen-bond acceptors (Lipinski definition) is 4. The monoisotopic (exact) mass is 324 g/mol. The SMILES string of the molecule is CSC(C)CNS(=O)(=O)c1cncc(Br)c1. The lowest BCUT2D eigenvalue weighted by Gasteiger charge is -2.10. The topological polar surface area (TPSA) is 59.1 Å². The van der Waals surface area contributed by atoms with Crippen molar-refractivity contribution in [2.24, 2.45) is 0 Å². The van der Waals surface area contributed by atoms with E-state index >= 15 is 0 Å². The predicted octanol–water partition coefficient (Wildman–Crippen LogP) is 1.87. The highest BCUT2D eigenvalue weighted by Crippen LogP contribution is 2.14. The number of halogens is 1. The summed E-state index contributed by atoms with van der Waals surface area (Å²) in [5, 5.41) is 0.245. The number of hydrogen-bond donors (Lipinski definition) is 1. The minimum Gasteiger partial charge on any atom is -0.262 e. The second-order valence-electron chi connectivity index (χ2n) is 3.24. The van der Waals surface area contributed by atoms with Crippen LogP contribution in [0.1, 0.15) is 6.92 Å². The number of aromatic nitrogens is 1. The first-order valence-electron chi connectivity index (χ1n) is 4.58. The number of nitrogens with zero attached hydrogens (tertiary/aromatic N) is 1. The van der Waals surface area contributed by atoms with Crippen LogP contribution >= 0.6 is 27.7 Å². The van der Waals surface area contributed by atoms with E-state index in [0.29, 0.717) is 11.0 Å². The van der Waals surface area contributed by atoms with Gasteiger partial charge in [0.1, 0.15) is 4.90 Å². The zero-order valence-corrected chi connectivity index (χ0v) is 12.2. The number of sulfonamides is 1. The zero-order valence-electron chi connectivity index (χ0n) is 8.97. The van der Waals surface area contributed by atoms with Gasteiger partial charge in [-0.25, -0.2) is 13.1 Å². The first-order valence-corrected chi connectivity index (χ1v) is 8.15. The van der Waals surface area contributed by atoms with Crippen LogP contribution in [0.3, 0.4) is 0 Å². The Morgan fingerprint density at radius 3 is 2.81 bits per heavy atom. The van der Waals surface area contributed by atoms with Gasteiger partial charge in [0.15, 0.2) is 0 Å². The van der Waals surface area contributed by atoms with Gasteiger partial charge in [-0.3, -0.25) is 4.98 Å². The van der Waals surface area contributed by atoms with Gasteiger partial charge in [-0.2, -0.15) is 11.8 Å². The highest BCUT2D eigenvalue weighted by atomic mass is 79.9.